The lowest BCUT2D eigenvalue weighted by Gasteiger charge is -2.08. The van der Waals surface area contributed by atoms with Crippen LogP contribution in [0.1, 0.15) is 30.1 Å². The summed E-state index contributed by atoms with van der Waals surface area (Å²) in [4.78, 5) is 12.1. The molecule has 1 aliphatic heterocycles. The summed E-state index contributed by atoms with van der Waals surface area (Å²) in [7, 11) is 0. The quantitative estimate of drug-likeness (QED) is 0.735. The third kappa shape index (κ3) is 3.07. The van der Waals surface area contributed by atoms with Crippen molar-refractivity contribution in [1.82, 2.24) is 0 Å². The van der Waals surface area contributed by atoms with Crippen LogP contribution >= 0.6 is 0 Å². The highest BCUT2D eigenvalue weighted by Crippen LogP contribution is 2.20. The van der Waals surface area contributed by atoms with Crippen LogP contribution in [0.5, 0.6) is 5.75 Å². The maximum Gasteiger partial charge on any atom is 0.168 e. The second-order valence-electron chi connectivity index (χ2n) is 4.30. The van der Waals surface area contributed by atoms with E-state index < -0.39 is 0 Å². The van der Waals surface area contributed by atoms with Crippen LogP contribution in [0.15, 0.2) is 24.3 Å². The minimum Gasteiger partial charge on any atom is -0.494 e. The summed E-state index contributed by atoms with van der Waals surface area (Å²) in [5.74, 6) is 1.05. The number of rotatable bonds is 5. The fraction of sp³-hybridized carbons (Fsp3) is 0.500. The number of carbonyl (C=O) groups excluding carboxylic acids is 1. The molecule has 3 heteroatoms. The first kappa shape index (κ1) is 12.1. The Labute approximate surface area is 102 Å². The predicted octanol–water partition coefficient (Wildman–Crippen LogP) is 2.69. The molecule has 3 nitrogen and oxygen atoms in total. The Balaban J connectivity index is 1.99. The summed E-state index contributed by atoms with van der Waals surface area (Å²) >= 11 is 0. The van der Waals surface area contributed by atoms with Crippen molar-refractivity contribution in [1.29, 1.82) is 0 Å². The van der Waals surface area contributed by atoms with E-state index in [1.54, 1.807) is 0 Å². The van der Waals surface area contributed by atoms with Gasteiger partial charge in [0.05, 0.1) is 13.2 Å². The number of carbonyl (C=O) groups is 1. The minimum absolute atomic E-state index is 0.0393. The van der Waals surface area contributed by atoms with Gasteiger partial charge >= 0.3 is 0 Å². The molecule has 1 aromatic rings. The summed E-state index contributed by atoms with van der Waals surface area (Å²) in [6.07, 6.45) is 1.83. The van der Waals surface area contributed by atoms with Gasteiger partial charge in [0.1, 0.15) is 5.75 Å². The Morgan fingerprint density at radius 3 is 2.76 bits per heavy atom. The first-order valence-corrected chi connectivity index (χ1v) is 6.16. The van der Waals surface area contributed by atoms with Crippen molar-refractivity contribution in [3.8, 4) is 5.75 Å². The fourth-order valence-electron chi connectivity index (χ4n) is 1.91. The van der Waals surface area contributed by atoms with Crippen molar-refractivity contribution in [2.24, 2.45) is 5.92 Å². The standard InChI is InChI=1S/C14H18O3/c1-2-8-17-13-5-3-11(4-6-13)14(15)12-7-9-16-10-12/h3-6,12H,2,7-10H2,1H3. The van der Waals surface area contributed by atoms with Gasteiger partial charge in [-0.05, 0) is 37.1 Å². The van der Waals surface area contributed by atoms with E-state index in [1.165, 1.54) is 0 Å². The molecule has 1 heterocycles. The van der Waals surface area contributed by atoms with Crippen LogP contribution in [0.2, 0.25) is 0 Å². The summed E-state index contributed by atoms with van der Waals surface area (Å²) in [6.45, 7) is 4.04. The Morgan fingerprint density at radius 2 is 2.18 bits per heavy atom. The van der Waals surface area contributed by atoms with Gasteiger partial charge in [0.15, 0.2) is 5.78 Å². The monoisotopic (exact) mass is 234 g/mol. The van der Waals surface area contributed by atoms with E-state index in [0.717, 1.165) is 24.2 Å². The van der Waals surface area contributed by atoms with Crippen molar-refractivity contribution in [2.75, 3.05) is 19.8 Å². The van der Waals surface area contributed by atoms with E-state index >= 15 is 0 Å². The van der Waals surface area contributed by atoms with Crippen LogP contribution in [0.4, 0.5) is 0 Å². The van der Waals surface area contributed by atoms with Gasteiger partial charge in [0.25, 0.3) is 0 Å². The molecule has 2 rings (SSSR count). The molecule has 1 atom stereocenters. The third-order valence-electron chi connectivity index (χ3n) is 2.91. The molecule has 1 unspecified atom stereocenters. The van der Waals surface area contributed by atoms with Gasteiger partial charge in [-0.15, -0.1) is 0 Å². The maximum absolute atomic E-state index is 12.1. The zero-order valence-corrected chi connectivity index (χ0v) is 10.1. The molecule has 1 fully saturated rings. The SMILES string of the molecule is CCCOc1ccc(C(=O)C2CCOC2)cc1. The van der Waals surface area contributed by atoms with Crippen LogP contribution in [0.3, 0.4) is 0 Å². The smallest absolute Gasteiger partial charge is 0.168 e. The molecule has 1 aliphatic rings. The molecular formula is C14H18O3. The minimum atomic E-state index is 0.0393. The van der Waals surface area contributed by atoms with Crippen LogP contribution in [-0.4, -0.2) is 25.6 Å². The van der Waals surface area contributed by atoms with Crippen LogP contribution in [0.25, 0.3) is 0 Å². The van der Waals surface area contributed by atoms with E-state index in [4.69, 9.17) is 9.47 Å². The molecule has 1 saturated heterocycles. The summed E-state index contributed by atoms with van der Waals surface area (Å²) in [5, 5.41) is 0. The molecule has 0 aliphatic carbocycles. The summed E-state index contributed by atoms with van der Waals surface area (Å²) in [6, 6.07) is 7.40. The Hall–Kier alpha value is -1.35. The lowest BCUT2D eigenvalue weighted by molar-refractivity contribution is 0.0900. The van der Waals surface area contributed by atoms with Crippen LogP contribution < -0.4 is 4.74 Å². The highest BCUT2D eigenvalue weighted by Gasteiger charge is 2.24. The van der Waals surface area contributed by atoms with E-state index in [0.29, 0.717) is 19.8 Å². The van der Waals surface area contributed by atoms with Gasteiger partial charge < -0.3 is 9.47 Å². The number of hydrogen-bond acceptors (Lipinski definition) is 3. The molecule has 0 amide bonds. The number of hydrogen-bond donors (Lipinski definition) is 0. The van der Waals surface area contributed by atoms with Crippen molar-refractivity contribution in [3.05, 3.63) is 29.8 Å². The zero-order valence-electron chi connectivity index (χ0n) is 10.1. The van der Waals surface area contributed by atoms with Crippen molar-refractivity contribution >= 4 is 5.78 Å². The van der Waals surface area contributed by atoms with Gasteiger partial charge in [0.2, 0.25) is 0 Å². The van der Waals surface area contributed by atoms with Crippen LogP contribution in [0, 0.1) is 5.92 Å². The normalized spacial score (nSPS) is 19.2. The van der Waals surface area contributed by atoms with E-state index in [-0.39, 0.29) is 11.7 Å². The number of Topliss-reactive ketones (excluding diaryl/α,β-unsaturated/α-hetero) is 1. The fourth-order valence-corrected chi connectivity index (χ4v) is 1.91. The van der Waals surface area contributed by atoms with Crippen molar-refractivity contribution in [3.63, 3.8) is 0 Å². The van der Waals surface area contributed by atoms with Crippen LogP contribution in [-0.2, 0) is 4.74 Å². The maximum atomic E-state index is 12.1. The highest BCUT2D eigenvalue weighted by atomic mass is 16.5. The van der Waals surface area contributed by atoms with E-state index in [9.17, 15) is 4.79 Å². The van der Waals surface area contributed by atoms with Gasteiger partial charge in [-0.3, -0.25) is 4.79 Å². The molecule has 0 bridgehead atoms. The molecule has 0 saturated carbocycles. The van der Waals surface area contributed by atoms with Crippen molar-refractivity contribution in [2.45, 2.75) is 19.8 Å². The Morgan fingerprint density at radius 1 is 1.41 bits per heavy atom. The lowest BCUT2D eigenvalue weighted by atomic mass is 9.97. The Bertz CT molecular complexity index is 364. The van der Waals surface area contributed by atoms with E-state index in [1.807, 2.05) is 24.3 Å². The second kappa shape index (κ2) is 5.82. The summed E-state index contributed by atoms with van der Waals surface area (Å²) < 4.78 is 10.7. The van der Waals surface area contributed by atoms with Gasteiger partial charge in [-0.1, -0.05) is 6.92 Å². The molecule has 17 heavy (non-hydrogen) atoms. The van der Waals surface area contributed by atoms with Crippen molar-refractivity contribution < 1.29 is 14.3 Å². The second-order valence-corrected chi connectivity index (χ2v) is 4.30. The lowest BCUT2D eigenvalue weighted by Crippen LogP contribution is -2.14. The molecular weight excluding hydrogens is 216 g/mol. The zero-order chi connectivity index (χ0) is 12.1. The number of ketones is 1. The molecule has 0 N–H and O–H groups in total. The molecule has 1 aromatic carbocycles. The first-order chi connectivity index (χ1) is 8.31. The van der Waals surface area contributed by atoms with Gasteiger partial charge in [0, 0.05) is 18.1 Å². The topological polar surface area (TPSA) is 35.5 Å². The molecule has 0 aromatic heterocycles. The van der Waals surface area contributed by atoms with Gasteiger partial charge in [-0.25, -0.2) is 0 Å². The van der Waals surface area contributed by atoms with Gasteiger partial charge in [-0.2, -0.15) is 0 Å². The average Bonchev–Trinajstić information content (AvgIpc) is 2.90. The first-order valence-electron chi connectivity index (χ1n) is 6.16. The molecule has 0 spiro atoms. The predicted molar refractivity (Wildman–Crippen MR) is 65.5 cm³/mol. The Kier molecular flexibility index (Phi) is 4.15. The number of benzene rings is 1. The molecule has 92 valence electrons. The summed E-state index contributed by atoms with van der Waals surface area (Å²) in [5.41, 5.74) is 0.754. The third-order valence-corrected chi connectivity index (χ3v) is 2.91. The average molecular weight is 234 g/mol. The highest BCUT2D eigenvalue weighted by molar-refractivity contribution is 5.98. The largest absolute Gasteiger partial charge is 0.494 e. The number of ether oxygens (including phenoxy) is 2. The van der Waals surface area contributed by atoms with E-state index in [2.05, 4.69) is 6.92 Å². The molecule has 0 radical (unpaired) electrons.